The van der Waals surface area contributed by atoms with Gasteiger partial charge >= 0.3 is 0 Å². The van der Waals surface area contributed by atoms with Gasteiger partial charge in [-0.2, -0.15) is 0 Å². The molecule has 2 aliphatic rings. The van der Waals surface area contributed by atoms with E-state index in [2.05, 4.69) is 16.4 Å². The normalized spacial score (nSPS) is 17.5. The van der Waals surface area contributed by atoms with Gasteiger partial charge in [-0.15, -0.1) is 0 Å². The van der Waals surface area contributed by atoms with Gasteiger partial charge in [-0.05, 0) is 68.8 Å². The van der Waals surface area contributed by atoms with Crippen molar-refractivity contribution in [1.82, 2.24) is 14.7 Å². The molecule has 0 saturated carbocycles. The van der Waals surface area contributed by atoms with E-state index in [1.54, 1.807) is 6.26 Å². The van der Waals surface area contributed by atoms with Crippen LogP contribution in [-0.2, 0) is 0 Å². The number of likely N-dealkylation sites (tertiary alicyclic amines) is 1. The molecule has 3 heterocycles. The van der Waals surface area contributed by atoms with Crippen LogP contribution < -0.4 is 4.74 Å². The number of piperazine rings is 1. The second kappa shape index (κ2) is 10.5. The lowest BCUT2D eigenvalue weighted by molar-refractivity contribution is 0.0685. The summed E-state index contributed by atoms with van der Waals surface area (Å²) in [6, 6.07) is 11.3. The highest BCUT2D eigenvalue weighted by atomic mass is 16.5. The van der Waals surface area contributed by atoms with Crippen LogP contribution in [-0.4, -0.2) is 73.0 Å². The quantitative estimate of drug-likeness (QED) is 0.602. The molecule has 0 N–H and O–H groups in total. The summed E-state index contributed by atoms with van der Waals surface area (Å²) in [5.41, 5.74) is 1.58. The van der Waals surface area contributed by atoms with E-state index in [1.807, 2.05) is 41.3 Å². The Balaban J connectivity index is 1.20. The molecule has 1 amide bonds. The third kappa shape index (κ3) is 5.70. The largest absolute Gasteiger partial charge is 0.494 e. The lowest BCUT2D eigenvalue weighted by Crippen LogP contribution is -2.47. The molecular formula is C25H33N3O3. The van der Waals surface area contributed by atoms with Gasteiger partial charge in [-0.1, -0.05) is 13.0 Å². The van der Waals surface area contributed by atoms with E-state index in [4.69, 9.17) is 9.15 Å². The molecule has 0 spiro atoms. The number of carbonyl (C=O) groups is 1. The van der Waals surface area contributed by atoms with Gasteiger partial charge in [0.1, 0.15) is 11.5 Å². The van der Waals surface area contributed by atoms with Gasteiger partial charge in [-0.3, -0.25) is 4.79 Å². The van der Waals surface area contributed by atoms with Gasteiger partial charge in [0.25, 0.3) is 5.91 Å². The Morgan fingerprint density at radius 1 is 0.935 bits per heavy atom. The summed E-state index contributed by atoms with van der Waals surface area (Å²) in [4.78, 5) is 19.5. The predicted octanol–water partition coefficient (Wildman–Crippen LogP) is 3.96. The van der Waals surface area contributed by atoms with E-state index in [0.29, 0.717) is 25.3 Å². The molecule has 31 heavy (non-hydrogen) atoms. The average Bonchev–Trinajstić information content (AvgIpc) is 3.37. The Labute approximate surface area is 185 Å². The van der Waals surface area contributed by atoms with Crippen LogP contribution in [0.15, 0.2) is 53.7 Å². The van der Waals surface area contributed by atoms with Crippen LogP contribution >= 0.6 is 0 Å². The minimum absolute atomic E-state index is 0.0694. The first-order valence-corrected chi connectivity index (χ1v) is 11.4. The van der Waals surface area contributed by atoms with Crippen molar-refractivity contribution in [2.45, 2.75) is 25.7 Å². The minimum atomic E-state index is 0.0694. The number of furan rings is 1. The number of hydrogen-bond donors (Lipinski definition) is 0. The molecule has 2 saturated heterocycles. The predicted molar refractivity (Wildman–Crippen MR) is 122 cm³/mol. The molecule has 0 aliphatic carbocycles. The molecule has 2 fully saturated rings. The number of benzene rings is 1. The second-order valence-corrected chi connectivity index (χ2v) is 8.33. The third-order valence-corrected chi connectivity index (χ3v) is 6.19. The molecule has 2 aliphatic heterocycles. The van der Waals surface area contributed by atoms with Gasteiger partial charge < -0.3 is 23.9 Å². The van der Waals surface area contributed by atoms with Crippen molar-refractivity contribution < 1.29 is 13.9 Å². The molecule has 6 heteroatoms. The Morgan fingerprint density at radius 3 is 2.32 bits per heavy atom. The molecule has 0 atom stereocenters. The standard InChI is InChI=1S/C25H33N3O3/c1-21(24-7-5-19-31-24)27-15-17-28(18-16-27)25(29)22-8-10-23(11-9-22)30-20-6-14-26-12-3-2-4-13-26/h5,7-11,19H,1-4,6,12-18,20H2. The lowest BCUT2D eigenvalue weighted by atomic mass is 10.1. The minimum Gasteiger partial charge on any atom is -0.494 e. The third-order valence-electron chi connectivity index (χ3n) is 6.19. The van der Waals surface area contributed by atoms with Crippen molar-refractivity contribution in [1.29, 1.82) is 0 Å². The summed E-state index contributed by atoms with van der Waals surface area (Å²) in [5.74, 6) is 1.68. The van der Waals surface area contributed by atoms with E-state index in [1.165, 1.54) is 32.4 Å². The summed E-state index contributed by atoms with van der Waals surface area (Å²) in [5, 5.41) is 0. The van der Waals surface area contributed by atoms with Crippen LogP contribution in [0.25, 0.3) is 5.70 Å². The molecule has 1 aromatic carbocycles. The van der Waals surface area contributed by atoms with Crippen LogP contribution in [0.3, 0.4) is 0 Å². The maximum Gasteiger partial charge on any atom is 0.253 e. The van der Waals surface area contributed by atoms with Gasteiger partial charge in [0, 0.05) is 38.3 Å². The van der Waals surface area contributed by atoms with Crippen LogP contribution in [0.4, 0.5) is 0 Å². The zero-order chi connectivity index (χ0) is 21.5. The summed E-state index contributed by atoms with van der Waals surface area (Å²) < 4.78 is 11.3. The molecular weight excluding hydrogens is 390 g/mol. The van der Waals surface area contributed by atoms with E-state index in [9.17, 15) is 4.79 Å². The maximum absolute atomic E-state index is 12.9. The zero-order valence-corrected chi connectivity index (χ0v) is 18.3. The number of amides is 1. The van der Waals surface area contributed by atoms with Crippen LogP contribution in [0.5, 0.6) is 5.75 Å². The summed E-state index contributed by atoms with van der Waals surface area (Å²) in [6.45, 7) is 11.3. The highest BCUT2D eigenvalue weighted by Crippen LogP contribution is 2.21. The number of rotatable bonds is 8. The number of carbonyl (C=O) groups excluding carboxylic acids is 1. The maximum atomic E-state index is 12.9. The molecule has 1 aromatic heterocycles. The molecule has 166 valence electrons. The van der Waals surface area contributed by atoms with E-state index < -0.39 is 0 Å². The summed E-state index contributed by atoms with van der Waals surface area (Å²) >= 11 is 0. The van der Waals surface area contributed by atoms with Crippen molar-refractivity contribution in [3.8, 4) is 5.75 Å². The fourth-order valence-corrected chi connectivity index (χ4v) is 4.32. The Bertz CT molecular complexity index is 833. The van der Waals surface area contributed by atoms with Crippen molar-refractivity contribution in [2.24, 2.45) is 0 Å². The Hall–Kier alpha value is -2.73. The van der Waals surface area contributed by atoms with Crippen molar-refractivity contribution >= 4 is 11.6 Å². The monoisotopic (exact) mass is 423 g/mol. The second-order valence-electron chi connectivity index (χ2n) is 8.33. The highest BCUT2D eigenvalue weighted by molar-refractivity contribution is 5.94. The van der Waals surface area contributed by atoms with Gasteiger partial charge in [0.2, 0.25) is 0 Å². The number of piperidine rings is 1. The first kappa shape index (κ1) is 21.5. The Morgan fingerprint density at radius 2 is 1.65 bits per heavy atom. The summed E-state index contributed by atoms with van der Waals surface area (Å²) in [6.07, 6.45) is 6.71. The van der Waals surface area contributed by atoms with Gasteiger partial charge in [-0.25, -0.2) is 0 Å². The SMILES string of the molecule is C=C(c1ccco1)N1CCN(C(=O)c2ccc(OCCCN3CCCCC3)cc2)CC1. The van der Waals surface area contributed by atoms with Crippen LogP contribution in [0, 0.1) is 0 Å². The van der Waals surface area contributed by atoms with Crippen molar-refractivity contribution in [3.63, 3.8) is 0 Å². The molecule has 0 radical (unpaired) electrons. The highest BCUT2D eigenvalue weighted by Gasteiger charge is 2.24. The molecule has 2 aromatic rings. The number of ether oxygens (including phenoxy) is 1. The lowest BCUT2D eigenvalue weighted by Gasteiger charge is -2.36. The van der Waals surface area contributed by atoms with Crippen molar-refractivity contribution in [3.05, 3.63) is 60.6 Å². The summed E-state index contributed by atoms with van der Waals surface area (Å²) in [7, 11) is 0. The van der Waals surface area contributed by atoms with Gasteiger partial charge in [0.05, 0.1) is 18.6 Å². The molecule has 6 nitrogen and oxygen atoms in total. The fourth-order valence-electron chi connectivity index (χ4n) is 4.32. The van der Waals surface area contributed by atoms with Crippen LogP contribution in [0.2, 0.25) is 0 Å². The van der Waals surface area contributed by atoms with E-state index in [-0.39, 0.29) is 5.91 Å². The molecule has 4 rings (SSSR count). The zero-order valence-electron chi connectivity index (χ0n) is 18.3. The smallest absolute Gasteiger partial charge is 0.253 e. The van der Waals surface area contributed by atoms with Crippen molar-refractivity contribution in [2.75, 3.05) is 52.4 Å². The first-order chi connectivity index (χ1) is 15.2. The van der Waals surface area contributed by atoms with Crippen LogP contribution in [0.1, 0.15) is 41.8 Å². The Kier molecular flexibility index (Phi) is 7.30. The van der Waals surface area contributed by atoms with E-state index in [0.717, 1.165) is 43.3 Å². The number of hydrogen-bond acceptors (Lipinski definition) is 5. The average molecular weight is 424 g/mol. The molecule has 0 bridgehead atoms. The topological polar surface area (TPSA) is 49.2 Å². The first-order valence-electron chi connectivity index (χ1n) is 11.4. The van der Waals surface area contributed by atoms with Gasteiger partial charge in [0.15, 0.2) is 0 Å². The number of nitrogens with zero attached hydrogens (tertiary/aromatic N) is 3. The fraction of sp³-hybridized carbons (Fsp3) is 0.480. The van der Waals surface area contributed by atoms with E-state index >= 15 is 0 Å². The molecule has 0 unspecified atom stereocenters.